The highest BCUT2D eigenvalue weighted by molar-refractivity contribution is 6.05. The molecule has 1 N–H and O–H groups in total. The summed E-state index contributed by atoms with van der Waals surface area (Å²) in [6, 6.07) is 21.6. The number of carbonyl (C=O) groups is 4. The number of piperazine rings is 1. The quantitative estimate of drug-likeness (QED) is 0.161. The van der Waals surface area contributed by atoms with E-state index in [0.29, 0.717) is 86.4 Å². The SMILES string of the molecule is Cn1cnnc1CC1(c2cccc(-n3cc4c(C(F)(F)F)cc(CN5CCC(C6CCN(C(=O)c7ccc(N8CCN(c9ccc%10c(c9)CN([C@H]9CCC(=O)NC9=O)C%10=O)CC8)cc7)CC6)CC5)cn4c3=O)c2)COC1. The number of piperidine rings is 3. The van der Waals surface area contributed by atoms with E-state index in [-0.39, 0.29) is 29.7 Å². The highest BCUT2D eigenvalue weighted by Crippen LogP contribution is 2.39. The van der Waals surface area contributed by atoms with E-state index in [1.54, 1.807) is 23.5 Å². The third-order valence-corrected chi connectivity index (χ3v) is 17.1. The average molecular weight is 1040 g/mol. The molecule has 0 radical (unpaired) electrons. The molecule has 6 aromatic rings. The summed E-state index contributed by atoms with van der Waals surface area (Å²) >= 11 is 0. The molecule has 0 spiro atoms. The van der Waals surface area contributed by atoms with E-state index in [1.165, 1.54) is 16.8 Å². The van der Waals surface area contributed by atoms with Crippen LogP contribution in [0.25, 0.3) is 11.2 Å². The van der Waals surface area contributed by atoms with E-state index < -0.39 is 34.8 Å². The number of imidazole rings is 1. The lowest BCUT2D eigenvalue weighted by atomic mass is 9.75. The highest BCUT2D eigenvalue weighted by Gasteiger charge is 2.43. The number of nitrogens with zero attached hydrogens (tertiary/aromatic N) is 10. The molecule has 0 aliphatic carbocycles. The standard InChI is InChI=1S/C56H60F3N11O6/c1-63-35-60-62-49(63)28-55(33-76-34-55)41-3-2-4-44(27-41)68-32-48-46(56(57,58)59)25-36(30-70(48)54(68)75)29-64-17-13-37(14-18-64)38-15-19-67(20-16-38)52(73)39-5-7-42(8-6-39)65-21-23-66(24-22-65)43-9-10-45-40(26-43)31-69(53(45)74)47-11-12-50(71)61-51(47)72/h2-10,25-27,30,32,35,37-38,47H,11-24,28-29,31,33-34H2,1H3,(H,61,71,72)/t47-/m0/s1. The van der Waals surface area contributed by atoms with Crippen LogP contribution in [0.2, 0.25) is 0 Å². The summed E-state index contributed by atoms with van der Waals surface area (Å²) in [5, 5.41) is 10.6. The van der Waals surface area contributed by atoms with Gasteiger partial charge in [0.1, 0.15) is 18.2 Å². The molecule has 4 amide bonds. The van der Waals surface area contributed by atoms with E-state index >= 15 is 0 Å². The molecule has 3 aromatic heterocycles. The van der Waals surface area contributed by atoms with E-state index in [2.05, 4.69) is 30.2 Å². The minimum absolute atomic E-state index is 0.0285. The summed E-state index contributed by atoms with van der Waals surface area (Å²) in [5.74, 6) is 0.829. The number of hydrogen-bond acceptors (Lipinski definition) is 11. The topological polar surface area (TPSA) is 163 Å². The molecule has 0 bridgehead atoms. The number of alkyl halides is 3. The number of carbonyl (C=O) groups excluding carboxylic acids is 4. The van der Waals surface area contributed by atoms with E-state index in [1.807, 2.05) is 77.2 Å². The van der Waals surface area contributed by atoms with Gasteiger partial charge in [0, 0.05) is 113 Å². The Hall–Kier alpha value is -7.32. The number of rotatable bonds is 11. The number of aromatic nitrogens is 5. The number of imide groups is 1. The molecule has 0 saturated carbocycles. The van der Waals surface area contributed by atoms with Crippen LogP contribution in [0.4, 0.5) is 24.5 Å². The number of pyridine rings is 1. The number of amides is 4. The van der Waals surface area contributed by atoms with Crippen molar-refractivity contribution in [2.75, 3.05) is 75.4 Å². The number of ether oxygens (including phenoxy) is 1. The number of benzene rings is 3. The second kappa shape index (κ2) is 19.7. The number of hydrogen-bond donors (Lipinski definition) is 1. The van der Waals surface area contributed by atoms with Crippen molar-refractivity contribution < 1.29 is 37.1 Å². The Morgan fingerprint density at radius 3 is 2.14 bits per heavy atom. The van der Waals surface area contributed by atoms with Gasteiger partial charge in [0.25, 0.3) is 11.8 Å². The molecule has 5 saturated heterocycles. The molecule has 396 valence electrons. The third kappa shape index (κ3) is 9.32. The van der Waals surface area contributed by atoms with Gasteiger partial charge in [-0.05, 0) is 134 Å². The normalized spacial score (nSPS) is 20.8. The Labute approximate surface area is 436 Å². The molecule has 76 heavy (non-hydrogen) atoms. The van der Waals surface area contributed by atoms with Crippen LogP contribution in [-0.4, -0.2) is 134 Å². The molecule has 6 aliphatic heterocycles. The first-order chi connectivity index (χ1) is 36.7. The van der Waals surface area contributed by atoms with Gasteiger partial charge >= 0.3 is 11.9 Å². The van der Waals surface area contributed by atoms with Crippen LogP contribution in [0.5, 0.6) is 0 Å². The highest BCUT2D eigenvalue weighted by atomic mass is 19.4. The van der Waals surface area contributed by atoms with Gasteiger partial charge in [0.2, 0.25) is 11.8 Å². The molecule has 1 atom stereocenters. The zero-order valence-corrected chi connectivity index (χ0v) is 42.4. The van der Waals surface area contributed by atoms with E-state index in [0.717, 1.165) is 97.7 Å². The maximum atomic E-state index is 14.8. The molecule has 20 heteroatoms. The average Bonchev–Trinajstić information content (AvgIpc) is 4.10. The van der Waals surface area contributed by atoms with Gasteiger partial charge in [-0.3, -0.25) is 38.4 Å². The smallest absolute Gasteiger partial charge is 0.379 e. The molecule has 3 aromatic carbocycles. The van der Waals surface area contributed by atoms with Gasteiger partial charge in [-0.1, -0.05) is 12.1 Å². The van der Waals surface area contributed by atoms with Crippen molar-refractivity contribution in [3.63, 3.8) is 0 Å². The van der Waals surface area contributed by atoms with E-state index in [9.17, 15) is 37.1 Å². The number of nitrogens with one attached hydrogen (secondary N) is 1. The number of aryl methyl sites for hydroxylation is 1. The van der Waals surface area contributed by atoms with Crippen LogP contribution < -0.4 is 20.8 Å². The summed E-state index contributed by atoms with van der Waals surface area (Å²) < 4.78 is 54.2. The molecular formula is C56H60F3N11O6. The Balaban J connectivity index is 0.623. The molecule has 12 rings (SSSR count). The largest absolute Gasteiger partial charge is 0.418 e. The number of halogens is 3. The zero-order chi connectivity index (χ0) is 52.5. The zero-order valence-electron chi connectivity index (χ0n) is 42.4. The van der Waals surface area contributed by atoms with Crippen molar-refractivity contribution in [3.05, 3.63) is 141 Å². The van der Waals surface area contributed by atoms with Gasteiger partial charge in [-0.2, -0.15) is 13.2 Å². The molecule has 0 unspecified atom stereocenters. The van der Waals surface area contributed by atoms with Crippen LogP contribution in [-0.2, 0) is 52.5 Å². The Kier molecular flexibility index (Phi) is 12.8. The summed E-state index contributed by atoms with van der Waals surface area (Å²) in [7, 11) is 1.87. The van der Waals surface area contributed by atoms with Crippen molar-refractivity contribution >= 4 is 40.5 Å². The maximum absolute atomic E-state index is 14.8. The van der Waals surface area contributed by atoms with Gasteiger partial charge in [0.05, 0.1) is 30.0 Å². The lowest BCUT2D eigenvalue weighted by molar-refractivity contribution is -0.137. The van der Waals surface area contributed by atoms with Crippen LogP contribution in [0.1, 0.15) is 87.3 Å². The van der Waals surface area contributed by atoms with Gasteiger partial charge < -0.3 is 28.9 Å². The second-order valence-corrected chi connectivity index (χ2v) is 21.7. The fraction of sp³-hybridized carbons (Fsp3) is 0.446. The Morgan fingerprint density at radius 2 is 1.49 bits per heavy atom. The molecule has 6 aliphatic rings. The second-order valence-electron chi connectivity index (χ2n) is 21.7. The van der Waals surface area contributed by atoms with E-state index in [4.69, 9.17) is 4.74 Å². The predicted octanol–water partition coefficient (Wildman–Crippen LogP) is 5.60. The number of fused-ring (bicyclic) bond motifs is 2. The fourth-order valence-corrected chi connectivity index (χ4v) is 12.6. The summed E-state index contributed by atoms with van der Waals surface area (Å²) in [6.07, 6.45) is 4.55. The molecular weight excluding hydrogens is 980 g/mol. The van der Waals surface area contributed by atoms with Crippen molar-refractivity contribution in [1.29, 1.82) is 0 Å². The van der Waals surface area contributed by atoms with Crippen LogP contribution >= 0.6 is 0 Å². The van der Waals surface area contributed by atoms with Crippen molar-refractivity contribution in [1.82, 2.24) is 43.7 Å². The van der Waals surface area contributed by atoms with Crippen molar-refractivity contribution in [2.45, 2.75) is 75.7 Å². The Morgan fingerprint density at radius 1 is 0.789 bits per heavy atom. The summed E-state index contributed by atoms with van der Waals surface area (Å²) in [4.78, 5) is 75.5. The molecule has 5 fully saturated rings. The number of anilines is 2. The first kappa shape index (κ1) is 49.6. The van der Waals surface area contributed by atoms with Crippen molar-refractivity contribution in [2.24, 2.45) is 18.9 Å². The Bertz CT molecular complexity index is 3290. The van der Waals surface area contributed by atoms with Gasteiger partial charge in [0.15, 0.2) is 0 Å². The molecule has 17 nitrogen and oxygen atoms in total. The van der Waals surface area contributed by atoms with Crippen LogP contribution in [0.15, 0.2) is 96.3 Å². The number of likely N-dealkylation sites (tertiary alicyclic amines) is 2. The first-order valence-corrected chi connectivity index (χ1v) is 26.4. The fourth-order valence-electron chi connectivity index (χ4n) is 12.6. The monoisotopic (exact) mass is 1040 g/mol. The van der Waals surface area contributed by atoms with Gasteiger partial charge in [-0.15, -0.1) is 10.2 Å². The summed E-state index contributed by atoms with van der Waals surface area (Å²) in [6.45, 7) is 7.45. The lowest BCUT2D eigenvalue weighted by Crippen LogP contribution is -2.52. The third-order valence-electron chi connectivity index (χ3n) is 17.1. The molecule has 9 heterocycles. The minimum Gasteiger partial charge on any atom is -0.379 e. The van der Waals surface area contributed by atoms with Crippen LogP contribution in [0, 0.1) is 11.8 Å². The lowest BCUT2D eigenvalue weighted by Gasteiger charge is -2.41. The summed E-state index contributed by atoms with van der Waals surface area (Å²) in [5.41, 5.74) is 4.02. The predicted molar refractivity (Wildman–Crippen MR) is 275 cm³/mol. The maximum Gasteiger partial charge on any atom is 0.418 e. The minimum atomic E-state index is -4.68. The van der Waals surface area contributed by atoms with Crippen LogP contribution in [0.3, 0.4) is 0 Å². The van der Waals surface area contributed by atoms with Crippen molar-refractivity contribution in [3.8, 4) is 5.69 Å². The first-order valence-electron chi connectivity index (χ1n) is 26.4. The van der Waals surface area contributed by atoms with Gasteiger partial charge in [-0.25, -0.2) is 4.79 Å².